The first-order valence-electron chi connectivity index (χ1n) is 11.4. The van der Waals surface area contributed by atoms with Gasteiger partial charge in [-0.15, -0.1) is 0 Å². The maximum Gasteiger partial charge on any atom is 0.330 e. The van der Waals surface area contributed by atoms with Gasteiger partial charge in [0.25, 0.3) is 5.56 Å². The van der Waals surface area contributed by atoms with Gasteiger partial charge in [0.15, 0.2) is 0 Å². The molecule has 0 atom stereocenters. The lowest BCUT2D eigenvalue weighted by Crippen LogP contribution is -2.46. The summed E-state index contributed by atoms with van der Waals surface area (Å²) in [6, 6.07) is 17.8. The Bertz CT molecular complexity index is 1250. The molecule has 0 aliphatic carbocycles. The number of anilines is 2. The monoisotopic (exact) mass is 478 g/mol. The van der Waals surface area contributed by atoms with Gasteiger partial charge in [-0.25, -0.2) is 9.59 Å². The minimum absolute atomic E-state index is 0.0223. The van der Waals surface area contributed by atoms with Gasteiger partial charge in [-0.3, -0.25) is 24.5 Å². The summed E-state index contributed by atoms with van der Waals surface area (Å²) in [4.78, 5) is 53.9. The first-order chi connectivity index (χ1) is 16.9. The molecule has 0 aliphatic heterocycles. The molecule has 10 heteroatoms. The predicted octanol–water partition coefficient (Wildman–Crippen LogP) is 1.80. The van der Waals surface area contributed by atoms with E-state index in [1.807, 2.05) is 67.6 Å². The Morgan fingerprint density at radius 2 is 1.63 bits per heavy atom. The number of aromatic amines is 1. The molecule has 0 saturated heterocycles. The van der Waals surface area contributed by atoms with Crippen LogP contribution in [-0.2, 0) is 17.9 Å². The summed E-state index contributed by atoms with van der Waals surface area (Å²) in [5.41, 5.74) is 6.57. The summed E-state index contributed by atoms with van der Waals surface area (Å²) in [7, 11) is 0. The number of aromatic nitrogens is 2. The highest BCUT2D eigenvalue weighted by atomic mass is 16.2. The van der Waals surface area contributed by atoms with Crippen LogP contribution in [0.5, 0.6) is 0 Å². The number of imide groups is 1. The van der Waals surface area contributed by atoms with E-state index in [1.165, 1.54) is 9.47 Å². The van der Waals surface area contributed by atoms with Gasteiger partial charge >= 0.3 is 11.7 Å². The van der Waals surface area contributed by atoms with Crippen LogP contribution in [0.3, 0.4) is 0 Å². The maximum atomic E-state index is 12.9. The van der Waals surface area contributed by atoms with E-state index in [2.05, 4.69) is 15.6 Å². The average molecular weight is 479 g/mol. The molecule has 0 bridgehead atoms. The van der Waals surface area contributed by atoms with Crippen molar-refractivity contribution in [3.63, 3.8) is 0 Å². The molecule has 1 heterocycles. The van der Waals surface area contributed by atoms with E-state index in [4.69, 9.17) is 5.73 Å². The third kappa shape index (κ3) is 7.07. The number of hydrogen-bond donors (Lipinski definition) is 4. The molecule has 10 nitrogen and oxygen atoms in total. The maximum absolute atomic E-state index is 12.9. The van der Waals surface area contributed by atoms with Crippen LogP contribution in [0.15, 0.2) is 70.3 Å². The molecule has 3 amide bonds. The van der Waals surface area contributed by atoms with Crippen molar-refractivity contribution in [1.82, 2.24) is 20.2 Å². The Morgan fingerprint density at radius 1 is 1.00 bits per heavy atom. The number of amides is 3. The fourth-order valence-electron chi connectivity index (χ4n) is 3.59. The number of hydrogen-bond acceptors (Lipinski definition) is 6. The van der Waals surface area contributed by atoms with E-state index in [9.17, 15) is 19.2 Å². The van der Waals surface area contributed by atoms with E-state index >= 15 is 0 Å². The van der Waals surface area contributed by atoms with Crippen molar-refractivity contribution in [2.75, 3.05) is 23.7 Å². The van der Waals surface area contributed by atoms with E-state index in [0.29, 0.717) is 6.54 Å². The van der Waals surface area contributed by atoms with Gasteiger partial charge in [0.1, 0.15) is 11.5 Å². The zero-order valence-corrected chi connectivity index (χ0v) is 19.6. The number of benzene rings is 2. The highest BCUT2D eigenvalue weighted by molar-refractivity contribution is 5.96. The van der Waals surface area contributed by atoms with E-state index in [0.717, 1.165) is 24.0 Å². The van der Waals surface area contributed by atoms with E-state index in [1.54, 1.807) is 0 Å². The van der Waals surface area contributed by atoms with Crippen LogP contribution in [0, 0.1) is 0 Å². The number of unbranched alkanes of at least 4 members (excludes halogenated alkanes) is 1. The van der Waals surface area contributed by atoms with Gasteiger partial charge in [-0.2, -0.15) is 0 Å². The number of rotatable bonds is 10. The lowest BCUT2D eigenvalue weighted by atomic mass is 10.2. The Balaban J connectivity index is 1.92. The SMILES string of the molecule is CCCCNC(=O)NC(=O)CN(Cc1ccccc1)c1c(N)n(Cc2ccccc2)c(=O)[nH]c1=O. The molecule has 0 aliphatic rings. The first-order valence-corrected chi connectivity index (χ1v) is 11.4. The second-order valence-electron chi connectivity index (χ2n) is 8.06. The molecule has 35 heavy (non-hydrogen) atoms. The van der Waals surface area contributed by atoms with Crippen molar-refractivity contribution in [2.45, 2.75) is 32.9 Å². The van der Waals surface area contributed by atoms with Crippen molar-refractivity contribution >= 4 is 23.4 Å². The smallest absolute Gasteiger partial charge is 0.330 e. The highest BCUT2D eigenvalue weighted by Gasteiger charge is 2.22. The summed E-state index contributed by atoms with van der Waals surface area (Å²) in [5, 5.41) is 4.89. The molecule has 0 spiro atoms. The fourth-order valence-corrected chi connectivity index (χ4v) is 3.59. The quantitative estimate of drug-likeness (QED) is 0.327. The summed E-state index contributed by atoms with van der Waals surface area (Å²) in [6.07, 6.45) is 1.69. The van der Waals surface area contributed by atoms with Gasteiger partial charge in [-0.05, 0) is 17.5 Å². The summed E-state index contributed by atoms with van der Waals surface area (Å²) in [6.45, 7) is 2.40. The topological polar surface area (TPSA) is 142 Å². The summed E-state index contributed by atoms with van der Waals surface area (Å²) >= 11 is 0. The van der Waals surface area contributed by atoms with Crippen LogP contribution < -0.4 is 32.5 Å². The van der Waals surface area contributed by atoms with Crippen molar-refractivity contribution in [3.8, 4) is 0 Å². The van der Waals surface area contributed by atoms with Crippen LogP contribution in [-0.4, -0.2) is 34.6 Å². The number of nitrogen functional groups attached to an aromatic ring is 1. The first kappa shape index (κ1) is 25.3. The van der Waals surface area contributed by atoms with Gasteiger partial charge in [0.2, 0.25) is 5.91 Å². The predicted molar refractivity (Wildman–Crippen MR) is 135 cm³/mol. The molecular formula is C25H30N6O4. The normalized spacial score (nSPS) is 10.5. The van der Waals surface area contributed by atoms with Crippen LogP contribution >= 0.6 is 0 Å². The molecule has 0 unspecified atom stereocenters. The highest BCUT2D eigenvalue weighted by Crippen LogP contribution is 2.20. The Kier molecular flexibility index (Phi) is 8.82. The number of nitrogens with two attached hydrogens (primary N) is 1. The lowest BCUT2D eigenvalue weighted by Gasteiger charge is -2.26. The largest absolute Gasteiger partial charge is 0.383 e. The molecule has 0 radical (unpaired) electrons. The molecule has 3 rings (SSSR count). The number of urea groups is 1. The molecule has 2 aromatic carbocycles. The van der Waals surface area contributed by atoms with Crippen LogP contribution in [0.2, 0.25) is 0 Å². The standard InChI is InChI=1S/C25H30N6O4/c1-2-3-14-27-24(34)28-20(32)17-30(15-18-10-6-4-7-11-18)21-22(26)31(25(35)29-23(21)33)16-19-12-8-5-9-13-19/h4-13H,2-3,14-17,26H2,1H3,(H,29,33,35)(H2,27,28,32,34). The Morgan fingerprint density at radius 3 is 2.26 bits per heavy atom. The summed E-state index contributed by atoms with van der Waals surface area (Å²) < 4.78 is 1.25. The van der Waals surface area contributed by atoms with Crippen molar-refractivity contribution < 1.29 is 9.59 Å². The van der Waals surface area contributed by atoms with Gasteiger partial charge < -0.3 is 16.0 Å². The molecule has 5 N–H and O–H groups in total. The molecule has 0 saturated carbocycles. The number of H-pyrrole nitrogens is 1. The molecule has 0 fully saturated rings. The zero-order chi connectivity index (χ0) is 25.2. The summed E-state index contributed by atoms with van der Waals surface area (Å²) in [5.74, 6) is -0.687. The molecule has 184 valence electrons. The Hall–Kier alpha value is -4.34. The third-order valence-electron chi connectivity index (χ3n) is 5.33. The van der Waals surface area contributed by atoms with Gasteiger partial charge in [-0.1, -0.05) is 74.0 Å². The number of carbonyl (C=O) groups is 2. The van der Waals surface area contributed by atoms with Crippen molar-refractivity contribution in [3.05, 3.63) is 92.6 Å². The second-order valence-corrected chi connectivity index (χ2v) is 8.06. The van der Waals surface area contributed by atoms with E-state index in [-0.39, 0.29) is 31.1 Å². The molecular weight excluding hydrogens is 448 g/mol. The van der Waals surface area contributed by atoms with Gasteiger partial charge in [0, 0.05) is 13.1 Å². The number of carbonyl (C=O) groups excluding carboxylic acids is 2. The molecule has 1 aromatic heterocycles. The van der Waals surface area contributed by atoms with Gasteiger partial charge in [0.05, 0.1) is 13.1 Å². The second kappa shape index (κ2) is 12.2. The van der Waals surface area contributed by atoms with Crippen LogP contribution in [0.25, 0.3) is 0 Å². The van der Waals surface area contributed by atoms with Crippen molar-refractivity contribution in [1.29, 1.82) is 0 Å². The number of nitrogens with zero attached hydrogens (tertiary/aromatic N) is 2. The lowest BCUT2D eigenvalue weighted by molar-refractivity contribution is -0.118. The van der Waals surface area contributed by atoms with Crippen LogP contribution in [0.4, 0.5) is 16.3 Å². The fraction of sp³-hybridized carbons (Fsp3) is 0.280. The van der Waals surface area contributed by atoms with E-state index < -0.39 is 23.2 Å². The Labute approximate surface area is 202 Å². The minimum Gasteiger partial charge on any atom is -0.383 e. The third-order valence-corrected chi connectivity index (χ3v) is 5.33. The van der Waals surface area contributed by atoms with Crippen molar-refractivity contribution in [2.24, 2.45) is 0 Å². The van der Waals surface area contributed by atoms with Crippen LogP contribution in [0.1, 0.15) is 30.9 Å². The zero-order valence-electron chi connectivity index (χ0n) is 19.6. The minimum atomic E-state index is -0.715. The average Bonchev–Trinajstić information content (AvgIpc) is 2.83. The number of nitrogens with one attached hydrogen (secondary N) is 3. The molecule has 3 aromatic rings.